The maximum atomic E-state index is 9.13. The van der Waals surface area contributed by atoms with Crippen LogP contribution in [0.25, 0.3) is 4.85 Å². The zero-order valence-corrected chi connectivity index (χ0v) is 12.2. The van der Waals surface area contributed by atoms with Crippen LogP contribution in [-0.4, -0.2) is 25.3 Å². The molecule has 0 atom stereocenters. The molecule has 0 aromatic heterocycles. The molecule has 0 bridgehead atoms. The van der Waals surface area contributed by atoms with Gasteiger partial charge in [0.25, 0.3) is 13.1 Å². The average Bonchev–Trinajstić information content (AvgIpc) is 2.50. The number of terminal acetylenes is 1. The van der Waals surface area contributed by atoms with Crippen molar-refractivity contribution in [2.45, 2.75) is 20.4 Å². The molecule has 0 unspecified atom stereocenters. The third kappa shape index (κ3) is 8.43. The first-order valence-corrected chi connectivity index (χ1v) is 5.86. The topological polar surface area (TPSA) is 60.1 Å². The van der Waals surface area contributed by atoms with Gasteiger partial charge in [0.2, 0.25) is 0 Å². The van der Waals surface area contributed by atoms with Crippen LogP contribution in [0.1, 0.15) is 19.4 Å². The van der Waals surface area contributed by atoms with Crippen LogP contribution in [-0.2, 0) is 11.3 Å². The highest BCUT2D eigenvalue weighted by molar-refractivity contribution is 5.85. The Morgan fingerprint density at radius 1 is 1.35 bits per heavy atom. The lowest BCUT2D eigenvalue weighted by molar-refractivity contribution is -0.130. The van der Waals surface area contributed by atoms with E-state index < -0.39 is 5.97 Å². The van der Waals surface area contributed by atoms with Gasteiger partial charge < -0.3 is 14.6 Å². The Labute approximate surface area is 120 Å². The molecule has 1 rings (SSSR count). The molecule has 0 fully saturated rings. The van der Waals surface area contributed by atoms with Gasteiger partial charge in [-0.25, -0.2) is 4.79 Å². The fourth-order valence-electron chi connectivity index (χ4n) is 1.08. The van der Waals surface area contributed by atoms with Gasteiger partial charge in [-0.15, -0.1) is 6.42 Å². The zero-order chi connectivity index (χ0) is 16.0. The second-order valence-corrected chi connectivity index (χ2v) is 2.97. The van der Waals surface area contributed by atoms with E-state index in [4.69, 9.17) is 25.9 Å². The molecule has 0 heterocycles. The van der Waals surface area contributed by atoms with Crippen molar-refractivity contribution in [2.75, 3.05) is 14.2 Å². The van der Waals surface area contributed by atoms with Crippen LogP contribution in [0.4, 0.5) is 0 Å². The second-order valence-electron chi connectivity index (χ2n) is 2.97. The first-order valence-electron chi connectivity index (χ1n) is 5.86. The fourth-order valence-corrected chi connectivity index (χ4v) is 1.08. The molecule has 0 aliphatic heterocycles. The maximum Gasteiger partial charge on any atom is 0.381 e. The summed E-state index contributed by atoms with van der Waals surface area (Å²) in [4.78, 5) is 12.7. The van der Waals surface area contributed by atoms with E-state index in [0.29, 0.717) is 6.54 Å². The molecule has 0 saturated heterocycles. The van der Waals surface area contributed by atoms with Crippen molar-refractivity contribution in [2.24, 2.45) is 0 Å². The Hall–Kier alpha value is -2.66. The number of ether oxygens (including phenoxy) is 2. The predicted octanol–water partition coefficient (Wildman–Crippen LogP) is 2.90. The monoisotopic (exact) mass is 278 g/mol. The molecule has 0 aliphatic carbocycles. The van der Waals surface area contributed by atoms with Crippen molar-refractivity contribution in [3.05, 3.63) is 28.6 Å². The molecule has 108 valence electrons. The number of hydrogen-bond acceptors (Lipinski definition) is 3. The molecular formula is C15H20NO4+. The first kappa shape index (κ1) is 19.7. The smallest absolute Gasteiger partial charge is 0.381 e. The van der Waals surface area contributed by atoms with Crippen LogP contribution in [0, 0.1) is 18.9 Å². The quantitative estimate of drug-likeness (QED) is 0.864. The lowest BCUT2D eigenvalue weighted by Gasteiger charge is -2.05. The summed E-state index contributed by atoms with van der Waals surface area (Å²) in [6, 6.07) is 5.54. The minimum atomic E-state index is -1.22. The highest BCUT2D eigenvalue weighted by Crippen LogP contribution is 2.24. The van der Waals surface area contributed by atoms with E-state index >= 15 is 0 Å². The lowest BCUT2D eigenvalue weighted by Crippen LogP contribution is -1.91. The number of aliphatic carboxylic acids is 1. The molecule has 1 aromatic rings. The predicted molar refractivity (Wildman–Crippen MR) is 79.4 cm³/mol. The number of carbonyl (C=O) groups is 1. The Morgan fingerprint density at radius 2 is 1.90 bits per heavy atom. The third-order valence-electron chi connectivity index (χ3n) is 1.88. The number of hydrogen-bond donors (Lipinski definition) is 1. The minimum absolute atomic E-state index is 0.452. The summed E-state index contributed by atoms with van der Waals surface area (Å²) in [6.07, 6.45) is 4.32. The summed E-state index contributed by atoms with van der Waals surface area (Å²) in [7, 11) is 3.22. The van der Waals surface area contributed by atoms with Crippen molar-refractivity contribution in [3.8, 4) is 30.4 Å². The van der Waals surface area contributed by atoms with Crippen LogP contribution in [0.2, 0.25) is 0 Å². The minimum Gasteiger partial charge on any atom is -0.497 e. The fraction of sp³-hybridized carbons (Fsp3) is 0.333. The van der Waals surface area contributed by atoms with E-state index in [2.05, 4.69) is 11.3 Å². The van der Waals surface area contributed by atoms with Crippen molar-refractivity contribution in [1.29, 1.82) is 0 Å². The molecule has 0 saturated carbocycles. The Kier molecular flexibility index (Phi) is 12.6. The Balaban J connectivity index is 0. The number of carboxylic acid groups (broad SMARTS) is 1. The number of benzene rings is 1. The van der Waals surface area contributed by atoms with Crippen LogP contribution >= 0.6 is 0 Å². The van der Waals surface area contributed by atoms with Crippen LogP contribution in [0.15, 0.2) is 18.2 Å². The van der Waals surface area contributed by atoms with Crippen molar-refractivity contribution in [3.63, 3.8) is 0 Å². The highest BCUT2D eigenvalue weighted by Gasteiger charge is 2.07. The zero-order valence-electron chi connectivity index (χ0n) is 12.2. The van der Waals surface area contributed by atoms with Crippen molar-refractivity contribution >= 4 is 5.97 Å². The third-order valence-corrected chi connectivity index (χ3v) is 1.88. The summed E-state index contributed by atoms with van der Waals surface area (Å²) >= 11 is 0. The van der Waals surface area contributed by atoms with Crippen molar-refractivity contribution in [1.82, 2.24) is 0 Å². The molecule has 0 spiro atoms. The molecule has 5 heteroatoms. The molecular weight excluding hydrogens is 258 g/mol. The lowest BCUT2D eigenvalue weighted by atomic mass is 10.2. The molecule has 0 radical (unpaired) electrons. The van der Waals surface area contributed by atoms with Gasteiger partial charge in [-0.05, 0) is 12.1 Å². The molecule has 20 heavy (non-hydrogen) atoms. The van der Waals surface area contributed by atoms with E-state index in [1.54, 1.807) is 20.3 Å². The van der Waals surface area contributed by atoms with Crippen molar-refractivity contribution < 1.29 is 19.4 Å². The molecule has 5 nitrogen and oxygen atoms in total. The Morgan fingerprint density at radius 3 is 2.25 bits per heavy atom. The van der Waals surface area contributed by atoms with Crippen LogP contribution in [0.3, 0.4) is 0 Å². The van der Waals surface area contributed by atoms with Gasteiger partial charge >= 0.3 is 5.97 Å². The van der Waals surface area contributed by atoms with Gasteiger partial charge in [0.15, 0.2) is 0 Å². The van der Waals surface area contributed by atoms with Gasteiger partial charge in [0.1, 0.15) is 11.5 Å². The Bertz CT molecular complexity index is 484. The number of nitrogens with zero attached hydrogens (tertiary/aromatic N) is 1. The van der Waals surface area contributed by atoms with Crippen LogP contribution < -0.4 is 9.47 Å². The van der Waals surface area contributed by atoms with Gasteiger partial charge in [0.05, 0.1) is 19.8 Å². The van der Waals surface area contributed by atoms with Gasteiger partial charge in [-0.3, -0.25) is 0 Å². The summed E-state index contributed by atoms with van der Waals surface area (Å²) in [5.74, 6) is 1.73. The summed E-state index contributed by atoms with van der Waals surface area (Å²) in [5, 5.41) is 7.49. The maximum absolute atomic E-state index is 9.13. The van der Waals surface area contributed by atoms with E-state index in [9.17, 15) is 0 Å². The highest BCUT2D eigenvalue weighted by atomic mass is 16.5. The normalized spacial score (nSPS) is 7.50. The SMILES string of the molecule is C#CC(=O)O.C#[N+]Cc1ccc(OC)cc1OC.CC. The van der Waals surface area contributed by atoms with Gasteiger partial charge in [-0.2, -0.15) is 0 Å². The largest absolute Gasteiger partial charge is 0.497 e. The first-order chi connectivity index (χ1) is 9.58. The van der Waals surface area contributed by atoms with E-state index in [1.165, 1.54) is 5.92 Å². The average molecular weight is 278 g/mol. The molecule has 0 aliphatic rings. The van der Waals surface area contributed by atoms with E-state index in [1.807, 2.05) is 26.0 Å². The summed E-state index contributed by atoms with van der Waals surface area (Å²) < 4.78 is 10.2. The number of methoxy groups -OCH3 is 2. The van der Waals surface area contributed by atoms with Gasteiger partial charge in [0, 0.05) is 12.0 Å². The second kappa shape index (κ2) is 12.8. The number of rotatable bonds is 3. The molecule has 1 N–H and O–H groups in total. The summed E-state index contributed by atoms with van der Waals surface area (Å²) in [6.45, 7) is 9.54. The standard InChI is InChI=1S/C10H12NO2.C3H2O2.C2H6/c1-11-7-8-4-5-9(12-2)6-10(8)13-3;1-2-3(4)5;1-2/h1,4-6H,7H2,2-3H3;1H,(H,4,5);1-2H3/q+1;;. The van der Waals surface area contributed by atoms with Gasteiger partial charge in [-0.1, -0.05) is 18.7 Å². The van der Waals surface area contributed by atoms with E-state index in [0.717, 1.165) is 17.1 Å². The molecule has 1 aromatic carbocycles. The van der Waals surface area contributed by atoms with E-state index in [-0.39, 0.29) is 0 Å². The molecule has 0 amide bonds. The van der Waals surface area contributed by atoms with Crippen LogP contribution in [0.5, 0.6) is 11.5 Å². The number of carboxylic acids is 1. The summed E-state index contributed by atoms with van der Waals surface area (Å²) in [5.41, 5.74) is 0.950.